The lowest BCUT2D eigenvalue weighted by atomic mass is 10.2. The fourth-order valence-corrected chi connectivity index (χ4v) is 0.400. The van der Waals surface area contributed by atoms with Crippen LogP contribution in [0.15, 0.2) is 0 Å². The van der Waals surface area contributed by atoms with E-state index in [-0.39, 0.29) is 36.3 Å². The summed E-state index contributed by atoms with van der Waals surface area (Å²) in [6.45, 7) is 0.500. The third-order valence-corrected chi connectivity index (χ3v) is 0.816. The quantitative estimate of drug-likeness (QED) is 0.387. The lowest BCUT2D eigenvalue weighted by molar-refractivity contribution is 0.257. The van der Waals surface area contributed by atoms with Gasteiger partial charge in [-0.1, -0.05) is 0 Å². The van der Waals surface area contributed by atoms with E-state index in [1.54, 1.807) is 0 Å². The Morgan fingerprint density at radius 3 is 1.38 bits per heavy atom. The van der Waals surface area contributed by atoms with Gasteiger partial charge in [0.05, 0.1) is 0 Å². The van der Waals surface area contributed by atoms with E-state index >= 15 is 0 Å². The zero-order chi connectivity index (χ0) is 5.54. The fraction of sp³-hybridized carbons (Fsp3) is 1.00. The van der Waals surface area contributed by atoms with Crippen LogP contribution in [0.1, 0.15) is 19.3 Å². The maximum atomic E-state index is 8.21. The molecule has 0 radical (unpaired) electrons. The Kier molecular flexibility index (Phi) is 15.2. The first kappa shape index (κ1) is 11.5. The summed E-state index contributed by atoms with van der Waals surface area (Å²) in [7, 11) is 0. The molecule has 0 saturated heterocycles. The van der Waals surface area contributed by atoms with E-state index in [0.717, 1.165) is 19.3 Å². The van der Waals surface area contributed by atoms with E-state index < -0.39 is 0 Å². The third-order valence-electron chi connectivity index (χ3n) is 0.816. The Morgan fingerprint density at radius 2 is 1.12 bits per heavy atom. The first-order chi connectivity index (χ1) is 3.41. The van der Waals surface area contributed by atoms with E-state index in [1.807, 2.05) is 0 Å². The second-order valence-electron chi connectivity index (χ2n) is 1.51. The van der Waals surface area contributed by atoms with E-state index in [4.69, 9.17) is 10.2 Å². The summed E-state index contributed by atoms with van der Waals surface area (Å²) >= 11 is 0. The summed E-state index contributed by atoms with van der Waals surface area (Å²) in [5, 5.41) is 16.4. The molecule has 0 fully saturated rings. The molecular weight excluding hydrogens is 116 g/mol. The molecule has 0 heterocycles. The van der Waals surface area contributed by atoms with Crippen molar-refractivity contribution in [2.45, 2.75) is 19.3 Å². The molecule has 0 rings (SSSR count). The molecule has 0 spiro atoms. The molecule has 0 amide bonds. The summed E-state index contributed by atoms with van der Waals surface area (Å²) < 4.78 is 0. The van der Waals surface area contributed by atoms with Crippen molar-refractivity contribution in [2.75, 3.05) is 13.2 Å². The molecule has 0 bridgehead atoms. The van der Waals surface area contributed by atoms with Crippen molar-refractivity contribution in [2.24, 2.45) is 0 Å². The minimum absolute atomic E-state index is 0. The number of aliphatic hydroxyl groups excluding tert-OH is 2. The maximum absolute atomic E-state index is 8.21. The van der Waals surface area contributed by atoms with Gasteiger partial charge < -0.3 is 10.2 Å². The standard InChI is InChI=1S/C5H12O2.Mg.2H/c6-4-2-1-3-5-7;;;/h6-7H,1-5H2;;;. The van der Waals surface area contributed by atoms with Crippen molar-refractivity contribution in [3.8, 4) is 0 Å². The molecular formula is C5H14MgO2. The highest BCUT2D eigenvalue weighted by atomic mass is 24.3. The van der Waals surface area contributed by atoms with Gasteiger partial charge in [-0.05, 0) is 19.3 Å². The lowest BCUT2D eigenvalue weighted by Gasteiger charge is -1.90. The first-order valence-corrected chi connectivity index (χ1v) is 2.63. The first-order valence-electron chi connectivity index (χ1n) is 2.63. The van der Waals surface area contributed by atoms with Crippen LogP contribution < -0.4 is 0 Å². The molecule has 0 aliphatic heterocycles. The smallest absolute Gasteiger partial charge is 0.316 e. The zero-order valence-corrected chi connectivity index (χ0v) is 4.43. The topological polar surface area (TPSA) is 40.5 Å². The molecule has 0 aliphatic rings. The van der Waals surface area contributed by atoms with Gasteiger partial charge in [-0.2, -0.15) is 0 Å². The fourth-order valence-electron chi connectivity index (χ4n) is 0.400. The van der Waals surface area contributed by atoms with E-state index in [0.29, 0.717) is 0 Å². The summed E-state index contributed by atoms with van der Waals surface area (Å²) in [6, 6.07) is 0. The van der Waals surface area contributed by atoms with Crippen LogP contribution in [0.3, 0.4) is 0 Å². The number of aliphatic hydroxyl groups is 2. The summed E-state index contributed by atoms with van der Waals surface area (Å²) in [5.41, 5.74) is 0. The van der Waals surface area contributed by atoms with Crippen LogP contribution in [0.2, 0.25) is 0 Å². The van der Waals surface area contributed by atoms with Crippen molar-refractivity contribution in [1.82, 2.24) is 0 Å². The minimum Gasteiger partial charge on any atom is -0.396 e. The molecule has 0 unspecified atom stereocenters. The highest BCUT2D eigenvalue weighted by molar-refractivity contribution is 5.75. The Bertz CT molecular complexity index is 29.6. The largest absolute Gasteiger partial charge is 0.396 e. The molecule has 2 N–H and O–H groups in total. The predicted molar refractivity (Wildman–Crippen MR) is 36.6 cm³/mol. The van der Waals surface area contributed by atoms with Crippen LogP contribution >= 0.6 is 0 Å². The van der Waals surface area contributed by atoms with E-state index in [1.165, 1.54) is 0 Å². The Labute approximate surface area is 66.1 Å². The second-order valence-corrected chi connectivity index (χ2v) is 1.51. The van der Waals surface area contributed by atoms with Gasteiger partial charge in [0, 0.05) is 13.2 Å². The lowest BCUT2D eigenvalue weighted by Crippen LogP contribution is -1.85. The maximum Gasteiger partial charge on any atom is 0.316 e. The minimum atomic E-state index is 0. The Morgan fingerprint density at radius 1 is 0.750 bits per heavy atom. The summed E-state index contributed by atoms with van der Waals surface area (Å²) in [6.07, 6.45) is 2.58. The van der Waals surface area contributed by atoms with Gasteiger partial charge in [0.25, 0.3) is 0 Å². The van der Waals surface area contributed by atoms with Gasteiger partial charge in [0.2, 0.25) is 0 Å². The molecule has 0 atom stereocenters. The van der Waals surface area contributed by atoms with Gasteiger partial charge in [-0.15, -0.1) is 0 Å². The number of hydrogen-bond donors (Lipinski definition) is 2. The third kappa shape index (κ3) is 9.84. The monoisotopic (exact) mass is 130 g/mol. The molecule has 48 valence electrons. The number of unbranched alkanes of at least 4 members (excludes halogenated alkanes) is 2. The van der Waals surface area contributed by atoms with Crippen LogP contribution in [-0.4, -0.2) is 46.5 Å². The molecule has 3 heteroatoms. The Balaban J connectivity index is 0. The number of rotatable bonds is 4. The molecule has 0 aromatic rings. The molecule has 8 heavy (non-hydrogen) atoms. The number of hydrogen-bond acceptors (Lipinski definition) is 2. The Hall–Kier alpha value is 0.686. The van der Waals surface area contributed by atoms with E-state index in [2.05, 4.69) is 0 Å². The van der Waals surface area contributed by atoms with Crippen LogP contribution in [0.25, 0.3) is 0 Å². The van der Waals surface area contributed by atoms with Crippen molar-refractivity contribution < 1.29 is 10.2 Å². The average molecular weight is 130 g/mol. The van der Waals surface area contributed by atoms with Crippen molar-refractivity contribution >= 4 is 23.1 Å². The van der Waals surface area contributed by atoms with Crippen LogP contribution in [0, 0.1) is 0 Å². The second kappa shape index (κ2) is 10.6. The molecule has 0 aliphatic carbocycles. The molecule has 2 nitrogen and oxygen atoms in total. The van der Waals surface area contributed by atoms with Gasteiger partial charge >= 0.3 is 23.1 Å². The van der Waals surface area contributed by atoms with Crippen molar-refractivity contribution in [3.05, 3.63) is 0 Å². The van der Waals surface area contributed by atoms with Crippen LogP contribution in [0.4, 0.5) is 0 Å². The summed E-state index contributed by atoms with van der Waals surface area (Å²) in [4.78, 5) is 0. The normalized spacial score (nSPS) is 8.25. The SMILES string of the molecule is OCCCCCO.[MgH2]. The van der Waals surface area contributed by atoms with Crippen LogP contribution in [0.5, 0.6) is 0 Å². The highest BCUT2D eigenvalue weighted by Crippen LogP contribution is 1.90. The zero-order valence-electron chi connectivity index (χ0n) is 4.43. The highest BCUT2D eigenvalue weighted by Gasteiger charge is 1.81. The molecule has 0 saturated carbocycles. The molecule has 0 aromatic heterocycles. The van der Waals surface area contributed by atoms with Crippen molar-refractivity contribution in [3.63, 3.8) is 0 Å². The average Bonchev–Trinajstić information content (AvgIpc) is 1.69. The van der Waals surface area contributed by atoms with Crippen LogP contribution in [-0.2, 0) is 0 Å². The van der Waals surface area contributed by atoms with Gasteiger partial charge in [-0.25, -0.2) is 0 Å². The van der Waals surface area contributed by atoms with E-state index in [9.17, 15) is 0 Å². The van der Waals surface area contributed by atoms with Crippen molar-refractivity contribution in [1.29, 1.82) is 0 Å². The summed E-state index contributed by atoms with van der Waals surface area (Å²) in [5.74, 6) is 0. The molecule has 0 aromatic carbocycles. The van der Waals surface area contributed by atoms with Gasteiger partial charge in [-0.3, -0.25) is 0 Å². The van der Waals surface area contributed by atoms with Gasteiger partial charge in [0.1, 0.15) is 0 Å². The van der Waals surface area contributed by atoms with Gasteiger partial charge in [0.15, 0.2) is 0 Å². The predicted octanol–water partition coefficient (Wildman–Crippen LogP) is -0.775.